The van der Waals surface area contributed by atoms with E-state index in [1.807, 2.05) is 13.2 Å². The summed E-state index contributed by atoms with van der Waals surface area (Å²) in [4.78, 5) is 12.0. The molecule has 0 heterocycles. The molecule has 0 fully saturated rings. The van der Waals surface area contributed by atoms with E-state index in [4.69, 9.17) is 0 Å². The summed E-state index contributed by atoms with van der Waals surface area (Å²) in [5.41, 5.74) is 1.42. The molecule has 17 heavy (non-hydrogen) atoms. The van der Waals surface area contributed by atoms with Crippen LogP contribution in [0.25, 0.3) is 0 Å². The molecule has 3 nitrogen and oxygen atoms in total. The molecule has 0 radical (unpaired) electrons. The van der Waals surface area contributed by atoms with Gasteiger partial charge in [0.1, 0.15) is 5.75 Å². The van der Waals surface area contributed by atoms with Gasteiger partial charge in [0.25, 0.3) is 5.91 Å². The number of nitrogens with one attached hydrogen (secondary N) is 1. The smallest absolute Gasteiger partial charge is 0.251 e. The van der Waals surface area contributed by atoms with Crippen LogP contribution in [0.3, 0.4) is 0 Å². The molecule has 0 aliphatic heterocycles. The molecule has 0 aliphatic carbocycles. The number of phenols is 1. The Morgan fingerprint density at radius 1 is 1.53 bits per heavy atom. The van der Waals surface area contributed by atoms with Gasteiger partial charge in [0.2, 0.25) is 0 Å². The van der Waals surface area contributed by atoms with Gasteiger partial charge in [0, 0.05) is 17.4 Å². The Labute approximate surface area is 107 Å². The van der Waals surface area contributed by atoms with E-state index in [1.165, 1.54) is 6.07 Å². The number of amides is 1. The van der Waals surface area contributed by atoms with Crippen molar-refractivity contribution in [1.82, 2.24) is 5.32 Å². The Bertz CT molecular complexity index is 393. The first-order valence-electron chi connectivity index (χ1n) is 5.67. The molecule has 0 aliphatic rings. The first-order valence-corrected chi connectivity index (χ1v) is 7.07. The highest BCUT2D eigenvalue weighted by molar-refractivity contribution is 7.98. The van der Waals surface area contributed by atoms with Gasteiger partial charge in [-0.25, -0.2) is 0 Å². The van der Waals surface area contributed by atoms with E-state index < -0.39 is 0 Å². The van der Waals surface area contributed by atoms with Gasteiger partial charge in [0.15, 0.2) is 0 Å². The SMILES string of the molecule is CCC(CSC)NC(=O)c1ccc(O)cc1C. The molecule has 0 saturated carbocycles. The number of benzene rings is 1. The van der Waals surface area contributed by atoms with Gasteiger partial charge in [-0.3, -0.25) is 4.79 Å². The largest absolute Gasteiger partial charge is 0.508 e. The zero-order chi connectivity index (χ0) is 12.8. The van der Waals surface area contributed by atoms with Crippen LogP contribution in [-0.4, -0.2) is 29.1 Å². The number of rotatable bonds is 5. The minimum absolute atomic E-state index is 0.0663. The van der Waals surface area contributed by atoms with E-state index in [-0.39, 0.29) is 17.7 Å². The standard InChI is InChI=1S/C13H19NO2S/c1-4-10(8-17-3)14-13(16)12-6-5-11(15)7-9(12)2/h5-7,10,15H,4,8H2,1-3H3,(H,14,16). The molecule has 0 spiro atoms. The summed E-state index contributed by atoms with van der Waals surface area (Å²) in [5, 5.41) is 12.3. The topological polar surface area (TPSA) is 49.3 Å². The summed E-state index contributed by atoms with van der Waals surface area (Å²) in [5.74, 6) is 1.04. The van der Waals surface area contributed by atoms with Crippen molar-refractivity contribution in [3.05, 3.63) is 29.3 Å². The highest BCUT2D eigenvalue weighted by Crippen LogP contribution is 2.16. The summed E-state index contributed by atoms with van der Waals surface area (Å²) < 4.78 is 0. The molecule has 1 rings (SSSR count). The van der Waals surface area contributed by atoms with Crippen molar-refractivity contribution in [3.63, 3.8) is 0 Å². The Balaban J connectivity index is 2.75. The van der Waals surface area contributed by atoms with Crippen molar-refractivity contribution in [2.24, 2.45) is 0 Å². The molecule has 4 heteroatoms. The number of phenolic OH excluding ortho intramolecular Hbond substituents is 1. The predicted octanol–water partition coefficient (Wildman–Crippen LogP) is 2.57. The fourth-order valence-corrected chi connectivity index (χ4v) is 2.35. The monoisotopic (exact) mass is 253 g/mol. The number of thioether (sulfide) groups is 1. The van der Waals surface area contributed by atoms with Crippen molar-refractivity contribution >= 4 is 17.7 Å². The molecule has 0 aromatic heterocycles. The fourth-order valence-electron chi connectivity index (χ4n) is 1.63. The maximum Gasteiger partial charge on any atom is 0.251 e. The quantitative estimate of drug-likeness (QED) is 0.848. The van der Waals surface area contributed by atoms with Gasteiger partial charge in [-0.05, 0) is 43.4 Å². The highest BCUT2D eigenvalue weighted by Gasteiger charge is 2.13. The lowest BCUT2D eigenvalue weighted by Crippen LogP contribution is -2.36. The molecule has 1 unspecified atom stereocenters. The van der Waals surface area contributed by atoms with Crippen molar-refractivity contribution in [3.8, 4) is 5.75 Å². The molecular formula is C13H19NO2S. The van der Waals surface area contributed by atoms with Crippen LogP contribution < -0.4 is 5.32 Å². The van der Waals surface area contributed by atoms with E-state index in [1.54, 1.807) is 23.9 Å². The average molecular weight is 253 g/mol. The molecule has 94 valence electrons. The molecule has 2 N–H and O–H groups in total. The lowest BCUT2D eigenvalue weighted by atomic mass is 10.1. The second kappa shape index (κ2) is 6.55. The molecular weight excluding hydrogens is 234 g/mol. The molecule has 0 saturated heterocycles. The second-order valence-corrected chi connectivity index (χ2v) is 4.94. The molecule has 1 atom stereocenters. The van der Waals surface area contributed by atoms with Crippen molar-refractivity contribution in [2.45, 2.75) is 26.3 Å². The Hall–Kier alpha value is -1.16. The van der Waals surface area contributed by atoms with Crippen molar-refractivity contribution in [2.75, 3.05) is 12.0 Å². The number of carbonyl (C=O) groups is 1. The van der Waals surface area contributed by atoms with E-state index in [0.29, 0.717) is 5.56 Å². The van der Waals surface area contributed by atoms with Gasteiger partial charge in [-0.2, -0.15) is 11.8 Å². The Kier molecular flexibility index (Phi) is 5.35. The maximum absolute atomic E-state index is 12.0. The first kappa shape index (κ1) is 13.9. The lowest BCUT2D eigenvalue weighted by molar-refractivity contribution is 0.0939. The van der Waals surface area contributed by atoms with Crippen LogP contribution in [0.2, 0.25) is 0 Å². The highest BCUT2D eigenvalue weighted by atomic mass is 32.2. The number of aryl methyl sites for hydroxylation is 1. The molecule has 1 amide bonds. The minimum atomic E-state index is -0.0663. The number of hydrogen-bond acceptors (Lipinski definition) is 3. The van der Waals surface area contributed by atoms with Crippen LogP contribution in [0.5, 0.6) is 5.75 Å². The molecule has 1 aromatic rings. The zero-order valence-corrected chi connectivity index (χ0v) is 11.3. The maximum atomic E-state index is 12.0. The van der Waals surface area contributed by atoms with Gasteiger partial charge in [-0.15, -0.1) is 0 Å². The molecule has 0 bridgehead atoms. The van der Waals surface area contributed by atoms with Gasteiger partial charge < -0.3 is 10.4 Å². The average Bonchev–Trinajstić information content (AvgIpc) is 2.28. The third-order valence-corrected chi connectivity index (χ3v) is 3.39. The predicted molar refractivity (Wildman–Crippen MR) is 72.8 cm³/mol. The Morgan fingerprint density at radius 2 is 2.24 bits per heavy atom. The number of hydrogen-bond donors (Lipinski definition) is 2. The van der Waals surface area contributed by atoms with Crippen LogP contribution in [0.4, 0.5) is 0 Å². The van der Waals surface area contributed by atoms with Crippen LogP contribution >= 0.6 is 11.8 Å². The summed E-state index contributed by atoms with van der Waals surface area (Å²) in [6.45, 7) is 3.88. The third kappa shape index (κ3) is 3.97. The van der Waals surface area contributed by atoms with Crippen LogP contribution in [-0.2, 0) is 0 Å². The third-order valence-electron chi connectivity index (χ3n) is 2.65. The van der Waals surface area contributed by atoms with Crippen LogP contribution in [0.15, 0.2) is 18.2 Å². The number of aromatic hydroxyl groups is 1. The second-order valence-electron chi connectivity index (χ2n) is 4.03. The van der Waals surface area contributed by atoms with Crippen LogP contribution in [0.1, 0.15) is 29.3 Å². The normalized spacial score (nSPS) is 12.2. The van der Waals surface area contributed by atoms with E-state index in [0.717, 1.165) is 17.7 Å². The summed E-state index contributed by atoms with van der Waals surface area (Å²) in [6.07, 6.45) is 2.95. The van der Waals surface area contributed by atoms with Gasteiger partial charge in [0.05, 0.1) is 0 Å². The fraction of sp³-hybridized carbons (Fsp3) is 0.462. The Morgan fingerprint density at radius 3 is 2.76 bits per heavy atom. The summed E-state index contributed by atoms with van der Waals surface area (Å²) in [6, 6.07) is 5.00. The van der Waals surface area contributed by atoms with E-state index >= 15 is 0 Å². The van der Waals surface area contributed by atoms with E-state index in [9.17, 15) is 9.90 Å². The van der Waals surface area contributed by atoms with Crippen molar-refractivity contribution < 1.29 is 9.90 Å². The first-order chi connectivity index (χ1) is 8.08. The number of carbonyl (C=O) groups excluding carboxylic acids is 1. The lowest BCUT2D eigenvalue weighted by Gasteiger charge is -2.16. The van der Waals surface area contributed by atoms with Crippen molar-refractivity contribution in [1.29, 1.82) is 0 Å². The summed E-state index contributed by atoms with van der Waals surface area (Å²) in [7, 11) is 0. The molecule has 1 aromatic carbocycles. The van der Waals surface area contributed by atoms with Gasteiger partial charge in [-0.1, -0.05) is 6.92 Å². The minimum Gasteiger partial charge on any atom is -0.508 e. The van der Waals surface area contributed by atoms with Gasteiger partial charge >= 0.3 is 0 Å². The summed E-state index contributed by atoms with van der Waals surface area (Å²) >= 11 is 1.72. The zero-order valence-electron chi connectivity index (χ0n) is 10.5. The van der Waals surface area contributed by atoms with Crippen LogP contribution in [0, 0.1) is 6.92 Å². The van der Waals surface area contributed by atoms with E-state index in [2.05, 4.69) is 12.2 Å².